The van der Waals surface area contributed by atoms with Crippen LogP contribution in [-0.4, -0.2) is 30.3 Å². The summed E-state index contributed by atoms with van der Waals surface area (Å²) in [7, 11) is 3.10. The summed E-state index contributed by atoms with van der Waals surface area (Å²) in [6.45, 7) is 0. The second kappa shape index (κ2) is 7.93. The molecule has 2 aromatic carbocycles. The number of carbonyl (C=O) groups is 1. The van der Waals surface area contributed by atoms with Crippen molar-refractivity contribution in [2.75, 3.05) is 19.5 Å². The summed E-state index contributed by atoms with van der Waals surface area (Å²) in [6, 6.07) is 14.4. The Bertz CT molecular complexity index is 907. The van der Waals surface area contributed by atoms with Gasteiger partial charge in [-0.25, -0.2) is 0 Å². The highest BCUT2D eigenvalue weighted by Gasteiger charge is 2.14. The number of ether oxygens (including phenoxy) is 2. The summed E-state index contributed by atoms with van der Waals surface area (Å²) < 4.78 is 10.4. The third-order valence-corrected chi connectivity index (χ3v) is 4.08. The van der Waals surface area contributed by atoms with Gasteiger partial charge in [-0.2, -0.15) is 5.10 Å². The average molecular weight is 372 g/mol. The zero-order chi connectivity index (χ0) is 18.5. The first-order valence-corrected chi connectivity index (χ1v) is 8.29. The smallest absolute Gasteiger partial charge is 0.276 e. The number of aromatic nitrogens is 2. The lowest BCUT2D eigenvalue weighted by molar-refractivity contribution is 0.102. The molecule has 3 rings (SSSR count). The van der Waals surface area contributed by atoms with Crippen molar-refractivity contribution in [1.29, 1.82) is 0 Å². The summed E-state index contributed by atoms with van der Waals surface area (Å²) in [5.74, 6) is 0.826. The molecule has 1 amide bonds. The van der Waals surface area contributed by atoms with E-state index in [1.807, 2.05) is 24.3 Å². The van der Waals surface area contributed by atoms with Crippen molar-refractivity contribution < 1.29 is 14.3 Å². The van der Waals surface area contributed by atoms with E-state index >= 15 is 0 Å². The van der Waals surface area contributed by atoms with Crippen LogP contribution in [0.15, 0.2) is 48.5 Å². The van der Waals surface area contributed by atoms with E-state index < -0.39 is 0 Å². The van der Waals surface area contributed by atoms with E-state index in [0.717, 1.165) is 11.3 Å². The van der Waals surface area contributed by atoms with Crippen LogP contribution >= 0.6 is 11.6 Å². The molecule has 0 saturated carbocycles. The second-order valence-electron chi connectivity index (χ2n) is 5.60. The number of hydrogen-bond donors (Lipinski definition) is 2. The van der Waals surface area contributed by atoms with E-state index in [1.54, 1.807) is 31.4 Å². The van der Waals surface area contributed by atoms with Gasteiger partial charge in [0.2, 0.25) is 0 Å². The molecule has 0 saturated heterocycles. The van der Waals surface area contributed by atoms with Gasteiger partial charge in [0.25, 0.3) is 5.91 Å². The molecule has 6 nitrogen and oxygen atoms in total. The van der Waals surface area contributed by atoms with E-state index in [4.69, 9.17) is 21.1 Å². The number of benzene rings is 2. The maximum absolute atomic E-state index is 12.4. The predicted octanol–water partition coefficient (Wildman–Crippen LogP) is 3.92. The van der Waals surface area contributed by atoms with Crippen LogP contribution in [0.3, 0.4) is 0 Å². The Morgan fingerprint density at radius 3 is 2.58 bits per heavy atom. The minimum absolute atomic E-state index is 0.298. The number of halogens is 1. The van der Waals surface area contributed by atoms with Crippen LogP contribution in [0.2, 0.25) is 5.02 Å². The minimum Gasteiger partial charge on any atom is -0.497 e. The predicted molar refractivity (Wildman–Crippen MR) is 100 cm³/mol. The van der Waals surface area contributed by atoms with E-state index in [1.165, 1.54) is 7.11 Å². The molecular formula is C19H18ClN3O3. The van der Waals surface area contributed by atoms with Gasteiger partial charge in [0.05, 0.1) is 19.9 Å². The molecule has 0 fully saturated rings. The van der Waals surface area contributed by atoms with Crippen molar-refractivity contribution in [2.24, 2.45) is 0 Å². The van der Waals surface area contributed by atoms with Crippen LogP contribution in [-0.2, 0) is 6.42 Å². The first-order chi connectivity index (χ1) is 12.6. The van der Waals surface area contributed by atoms with E-state index in [0.29, 0.717) is 34.3 Å². The van der Waals surface area contributed by atoms with Crippen molar-refractivity contribution in [3.63, 3.8) is 0 Å². The van der Waals surface area contributed by atoms with Crippen molar-refractivity contribution in [3.05, 3.63) is 70.5 Å². The van der Waals surface area contributed by atoms with Gasteiger partial charge in [-0.15, -0.1) is 0 Å². The molecule has 7 heteroatoms. The Morgan fingerprint density at radius 1 is 1.12 bits per heavy atom. The lowest BCUT2D eigenvalue weighted by Gasteiger charge is -2.10. The summed E-state index contributed by atoms with van der Waals surface area (Å²) in [4.78, 5) is 12.4. The Balaban J connectivity index is 1.71. The van der Waals surface area contributed by atoms with Crippen LogP contribution in [0, 0.1) is 0 Å². The molecule has 26 heavy (non-hydrogen) atoms. The number of anilines is 1. The van der Waals surface area contributed by atoms with Crippen molar-refractivity contribution in [2.45, 2.75) is 6.42 Å². The third-order valence-electron chi connectivity index (χ3n) is 3.83. The number of carbonyl (C=O) groups excluding carboxylic acids is 1. The minimum atomic E-state index is -0.327. The summed E-state index contributed by atoms with van der Waals surface area (Å²) in [6.07, 6.45) is 0.628. The number of nitrogens with zero attached hydrogens (tertiary/aromatic N) is 1. The third kappa shape index (κ3) is 4.15. The highest BCUT2D eigenvalue weighted by Crippen LogP contribution is 2.29. The Labute approximate surface area is 156 Å². The molecule has 134 valence electrons. The molecule has 0 unspecified atom stereocenters. The maximum Gasteiger partial charge on any atom is 0.276 e. The second-order valence-corrected chi connectivity index (χ2v) is 6.04. The molecule has 1 heterocycles. The molecule has 0 spiro atoms. The fourth-order valence-electron chi connectivity index (χ4n) is 2.48. The molecule has 0 bridgehead atoms. The van der Waals surface area contributed by atoms with Crippen LogP contribution in [0.5, 0.6) is 11.5 Å². The monoisotopic (exact) mass is 371 g/mol. The largest absolute Gasteiger partial charge is 0.497 e. The Hall–Kier alpha value is -2.99. The van der Waals surface area contributed by atoms with Crippen molar-refractivity contribution in [3.8, 4) is 11.5 Å². The van der Waals surface area contributed by atoms with E-state index in [9.17, 15) is 4.79 Å². The van der Waals surface area contributed by atoms with Gasteiger partial charge in [0.1, 0.15) is 11.5 Å². The average Bonchev–Trinajstić information content (AvgIpc) is 3.12. The molecule has 3 aromatic rings. The number of nitrogens with one attached hydrogen (secondary N) is 2. The molecular weight excluding hydrogens is 354 g/mol. The molecule has 0 atom stereocenters. The first kappa shape index (κ1) is 17.8. The Kier molecular flexibility index (Phi) is 5.43. The number of H-pyrrole nitrogens is 1. The topological polar surface area (TPSA) is 76.2 Å². The summed E-state index contributed by atoms with van der Waals surface area (Å²) in [5.41, 5.74) is 2.74. The molecule has 1 aromatic heterocycles. The van der Waals surface area contributed by atoms with Gasteiger partial charge in [-0.3, -0.25) is 9.89 Å². The fourth-order valence-corrected chi connectivity index (χ4v) is 2.60. The highest BCUT2D eigenvalue weighted by molar-refractivity contribution is 6.30. The van der Waals surface area contributed by atoms with Crippen LogP contribution in [0.25, 0.3) is 0 Å². The van der Waals surface area contributed by atoms with Gasteiger partial charge < -0.3 is 14.8 Å². The molecule has 0 aliphatic heterocycles. The highest BCUT2D eigenvalue weighted by atomic mass is 35.5. The van der Waals surface area contributed by atoms with Gasteiger partial charge >= 0.3 is 0 Å². The normalized spacial score (nSPS) is 10.4. The van der Waals surface area contributed by atoms with Crippen LogP contribution < -0.4 is 14.8 Å². The molecule has 0 aliphatic carbocycles. The van der Waals surface area contributed by atoms with Gasteiger partial charge in [-0.05, 0) is 35.9 Å². The van der Waals surface area contributed by atoms with Gasteiger partial charge in [0, 0.05) is 23.2 Å². The van der Waals surface area contributed by atoms with Gasteiger partial charge in [0.15, 0.2) is 5.69 Å². The van der Waals surface area contributed by atoms with Gasteiger partial charge in [-0.1, -0.05) is 23.7 Å². The van der Waals surface area contributed by atoms with Crippen molar-refractivity contribution in [1.82, 2.24) is 10.2 Å². The Morgan fingerprint density at radius 2 is 1.88 bits per heavy atom. The zero-order valence-electron chi connectivity index (χ0n) is 14.4. The van der Waals surface area contributed by atoms with Crippen molar-refractivity contribution >= 4 is 23.2 Å². The van der Waals surface area contributed by atoms with E-state index in [-0.39, 0.29) is 5.91 Å². The maximum atomic E-state index is 12.4. The fraction of sp³-hybridized carbons (Fsp3) is 0.158. The lowest BCUT2D eigenvalue weighted by atomic mass is 10.1. The number of aromatic amines is 1. The number of hydrogen-bond acceptors (Lipinski definition) is 4. The van der Waals surface area contributed by atoms with E-state index in [2.05, 4.69) is 15.5 Å². The molecule has 2 N–H and O–H groups in total. The number of methoxy groups -OCH3 is 2. The quantitative estimate of drug-likeness (QED) is 0.688. The lowest BCUT2D eigenvalue weighted by Crippen LogP contribution is -2.13. The first-order valence-electron chi connectivity index (χ1n) is 7.91. The zero-order valence-corrected chi connectivity index (χ0v) is 15.1. The number of rotatable bonds is 6. The number of amides is 1. The SMILES string of the molecule is COc1ccc(NC(=O)c2cc(Cc3ccc(Cl)cc3)[nH]n2)c(OC)c1. The van der Waals surface area contributed by atoms with Crippen LogP contribution in [0.1, 0.15) is 21.7 Å². The molecule has 0 radical (unpaired) electrons. The summed E-state index contributed by atoms with van der Waals surface area (Å²) >= 11 is 5.89. The standard InChI is InChI=1S/C19H18ClN3O3/c1-25-15-7-8-16(18(11-15)26-2)21-19(24)17-10-14(22-23-17)9-12-3-5-13(20)6-4-12/h3-8,10-11H,9H2,1-2H3,(H,21,24)(H,22,23). The molecule has 0 aliphatic rings. The van der Waals surface area contributed by atoms with Crippen LogP contribution in [0.4, 0.5) is 5.69 Å². The summed E-state index contributed by atoms with van der Waals surface area (Å²) in [5, 5.41) is 10.5.